The highest BCUT2D eigenvalue weighted by molar-refractivity contribution is 7.86. The molecule has 1 aromatic rings. The fourth-order valence-electron chi connectivity index (χ4n) is 0.793. The summed E-state index contributed by atoms with van der Waals surface area (Å²) in [5, 5.41) is 0. The van der Waals surface area contributed by atoms with Crippen molar-refractivity contribution in [3.05, 3.63) is 43.0 Å². The summed E-state index contributed by atoms with van der Waals surface area (Å²) < 4.78 is 27.3. The largest absolute Gasteiger partial charge is 0.297 e. The van der Waals surface area contributed by atoms with Crippen molar-refractivity contribution in [2.75, 3.05) is 6.61 Å². The smallest absolute Gasteiger partial charge is 0.262 e. The Kier molecular flexibility index (Phi) is 5.62. The molecule has 0 saturated heterocycles. The maximum absolute atomic E-state index is 11.3. The summed E-state index contributed by atoms with van der Waals surface area (Å²) in [4.78, 5) is 0.164. The molecule has 0 fully saturated rings. The highest BCUT2D eigenvalue weighted by atomic mass is 32.2. The molecule has 1 aromatic carbocycles. The SMILES string of the molecule is C=CCOS(=O)(=O)c1ccccc1.P. The van der Waals surface area contributed by atoms with Gasteiger partial charge in [0, 0.05) is 0 Å². The molecular weight excluding hydrogens is 219 g/mol. The predicted octanol–water partition coefficient (Wildman–Crippen LogP) is 1.64. The Bertz CT molecular complexity index is 372. The molecule has 14 heavy (non-hydrogen) atoms. The Morgan fingerprint density at radius 1 is 1.29 bits per heavy atom. The van der Waals surface area contributed by atoms with Crippen molar-refractivity contribution in [1.82, 2.24) is 0 Å². The van der Waals surface area contributed by atoms with Gasteiger partial charge in [-0.15, -0.1) is 6.58 Å². The number of hydrogen-bond acceptors (Lipinski definition) is 3. The first kappa shape index (κ1) is 13.3. The minimum atomic E-state index is -3.59. The third-order valence-electron chi connectivity index (χ3n) is 1.37. The maximum atomic E-state index is 11.3. The van der Waals surface area contributed by atoms with E-state index in [9.17, 15) is 8.42 Å². The van der Waals surface area contributed by atoms with Gasteiger partial charge in [-0.2, -0.15) is 18.3 Å². The van der Waals surface area contributed by atoms with Crippen LogP contribution in [0.15, 0.2) is 47.9 Å². The summed E-state index contributed by atoms with van der Waals surface area (Å²) in [7, 11) is -3.59. The lowest BCUT2D eigenvalue weighted by Crippen LogP contribution is -2.05. The highest BCUT2D eigenvalue weighted by Crippen LogP contribution is 2.10. The van der Waals surface area contributed by atoms with E-state index in [1.807, 2.05) is 0 Å². The molecule has 0 aliphatic heterocycles. The van der Waals surface area contributed by atoms with Crippen LogP contribution in [-0.2, 0) is 14.3 Å². The van der Waals surface area contributed by atoms with Crippen LogP contribution in [0.2, 0.25) is 0 Å². The first-order valence-electron chi connectivity index (χ1n) is 3.72. The second kappa shape index (κ2) is 5.91. The standard InChI is InChI=1S/C9H10O3S.H3P/c1-2-8-12-13(10,11)9-6-4-3-5-7-9;/h2-7H,1,8H2;1H3. The molecule has 0 aliphatic rings. The topological polar surface area (TPSA) is 43.4 Å². The van der Waals surface area contributed by atoms with Crippen molar-refractivity contribution < 1.29 is 12.6 Å². The minimum Gasteiger partial charge on any atom is -0.262 e. The molecule has 0 spiro atoms. The van der Waals surface area contributed by atoms with Crippen LogP contribution < -0.4 is 0 Å². The third-order valence-corrected chi connectivity index (χ3v) is 2.67. The van der Waals surface area contributed by atoms with Crippen LogP contribution in [0.1, 0.15) is 0 Å². The van der Waals surface area contributed by atoms with Crippen molar-refractivity contribution in [3.8, 4) is 0 Å². The second-order valence-corrected chi connectivity index (χ2v) is 3.96. The molecule has 0 radical (unpaired) electrons. The van der Waals surface area contributed by atoms with E-state index in [4.69, 9.17) is 0 Å². The predicted molar refractivity (Wildman–Crippen MR) is 60.9 cm³/mol. The summed E-state index contributed by atoms with van der Waals surface area (Å²) in [5.41, 5.74) is 0. The summed E-state index contributed by atoms with van der Waals surface area (Å²) in [6.07, 6.45) is 1.39. The van der Waals surface area contributed by atoms with Gasteiger partial charge < -0.3 is 0 Å². The number of hydrogen-bond donors (Lipinski definition) is 0. The quantitative estimate of drug-likeness (QED) is 0.450. The van der Waals surface area contributed by atoms with Gasteiger partial charge >= 0.3 is 0 Å². The van der Waals surface area contributed by atoms with Crippen LogP contribution in [0.5, 0.6) is 0 Å². The molecule has 3 nitrogen and oxygen atoms in total. The lowest BCUT2D eigenvalue weighted by atomic mass is 10.4. The molecule has 0 heterocycles. The van der Waals surface area contributed by atoms with Crippen LogP contribution in [0.4, 0.5) is 0 Å². The van der Waals surface area contributed by atoms with Crippen LogP contribution in [0, 0.1) is 0 Å². The van der Waals surface area contributed by atoms with Gasteiger partial charge in [0.1, 0.15) is 0 Å². The van der Waals surface area contributed by atoms with Crippen LogP contribution >= 0.6 is 9.90 Å². The molecule has 1 atom stereocenters. The summed E-state index contributed by atoms with van der Waals surface area (Å²) in [5.74, 6) is 0. The average Bonchev–Trinajstić information content (AvgIpc) is 2.16. The fraction of sp³-hybridized carbons (Fsp3) is 0.111. The van der Waals surface area contributed by atoms with Gasteiger partial charge in [-0.3, -0.25) is 4.18 Å². The maximum Gasteiger partial charge on any atom is 0.297 e. The molecule has 0 bridgehead atoms. The van der Waals surface area contributed by atoms with Gasteiger partial charge in [-0.05, 0) is 12.1 Å². The molecule has 0 aliphatic carbocycles. The lowest BCUT2D eigenvalue weighted by molar-refractivity contribution is 0.357. The molecule has 0 N–H and O–H groups in total. The summed E-state index contributed by atoms with van der Waals surface area (Å²) in [6, 6.07) is 8.00. The molecule has 0 aromatic heterocycles. The van der Waals surface area contributed by atoms with Crippen LogP contribution in [0.25, 0.3) is 0 Å². The van der Waals surface area contributed by atoms with Gasteiger partial charge in [-0.1, -0.05) is 24.3 Å². The van der Waals surface area contributed by atoms with E-state index in [0.29, 0.717) is 0 Å². The zero-order valence-corrected chi connectivity index (χ0v) is 9.95. The molecule has 0 amide bonds. The van der Waals surface area contributed by atoms with Gasteiger partial charge in [-0.25, -0.2) is 0 Å². The van der Waals surface area contributed by atoms with E-state index < -0.39 is 10.1 Å². The van der Waals surface area contributed by atoms with E-state index in [1.54, 1.807) is 18.2 Å². The van der Waals surface area contributed by atoms with Crippen molar-refractivity contribution in [3.63, 3.8) is 0 Å². The van der Waals surface area contributed by atoms with Gasteiger partial charge in [0.2, 0.25) is 0 Å². The van der Waals surface area contributed by atoms with Gasteiger partial charge in [0.25, 0.3) is 10.1 Å². The van der Waals surface area contributed by atoms with Gasteiger partial charge in [0.15, 0.2) is 0 Å². The van der Waals surface area contributed by atoms with E-state index in [1.165, 1.54) is 18.2 Å². The summed E-state index contributed by atoms with van der Waals surface area (Å²) >= 11 is 0. The Hall–Kier alpha value is -0.700. The zero-order valence-electron chi connectivity index (χ0n) is 7.72. The lowest BCUT2D eigenvalue weighted by Gasteiger charge is -2.01. The zero-order chi connectivity index (χ0) is 9.73. The Labute approximate surface area is 87.5 Å². The molecular formula is C9H13O3PS. The first-order chi connectivity index (χ1) is 6.17. The minimum absolute atomic E-state index is 0. The molecule has 5 heteroatoms. The highest BCUT2D eigenvalue weighted by Gasteiger charge is 2.12. The number of benzene rings is 1. The second-order valence-electron chi connectivity index (χ2n) is 2.34. The van der Waals surface area contributed by atoms with E-state index in [-0.39, 0.29) is 21.4 Å². The van der Waals surface area contributed by atoms with Crippen molar-refractivity contribution in [1.29, 1.82) is 0 Å². The Balaban J connectivity index is 0.00000169. The third kappa shape index (κ3) is 3.58. The Morgan fingerprint density at radius 3 is 2.36 bits per heavy atom. The van der Waals surface area contributed by atoms with Crippen molar-refractivity contribution >= 4 is 20.0 Å². The average molecular weight is 232 g/mol. The van der Waals surface area contributed by atoms with Crippen molar-refractivity contribution in [2.45, 2.75) is 4.90 Å². The van der Waals surface area contributed by atoms with E-state index >= 15 is 0 Å². The first-order valence-corrected chi connectivity index (χ1v) is 5.13. The Morgan fingerprint density at radius 2 is 1.86 bits per heavy atom. The monoisotopic (exact) mass is 232 g/mol. The normalized spacial score (nSPS) is 10.3. The van der Waals surface area contributed by atoms with Gasteiger partial charge in [0.05, 0.1) is 11.5 Å². The van der Waals surface area contributed by atoms with Crippen LogP contribution in [0.3, 0.4) is 0 Å². The van der Waals surface area contributed by atoms with Crippen LogP contribution in [-0.4, -0.2) is 15.0 Å². The molecule has 78 valence electrons. The molecule has 0 saturated carbocycles. The van der Waals surface area contributed by atoms with E-state index in [2.05, 4.69) is 10.8 Å². The summed E-state index contributed by atoms with van der Waals surface area (Å²) in [6.45, 7) is 3.37. The number of rotatable bonds is 4. The fourth-order valence-corrected chi connectivity index (χ4v) is 1.69. The van der Waals surface area contributed by atoms with Crippen molar-refractivity contribution in [2.24, 2.45) is 0 Å². The molecule has 1 rings (SSSR count). The van der Waals surface area contributed by atoms with E-state index in [0.717, 1.165) is 0 Å². The molecule has 1 unspecified atom stereocenters.